The summed E-state index contributed by atoms with van der Waals surface area (Å²) >= 11 is 0. The molecule has 0 aliphatic rings. The molecule has 1 N–H and O–H groups in total. The van der Waals surface area contributed by atoms with E-state index in [-0.39, 0.29) is 11.6 Å². The Morgan fingerprint density at radius 1 is 1.22 bits per heavy atom. The number of likely N-dealkylation sites (N-methyl/N-ethyl adjacent to an activating group) is 1. The van der Waals surface area contributed by atoms with Crippen LogP contribution in [0.1, 0.15) is 49.9 Å². The number of hydrogen-bond donors (Lipinski definition) is 1. The van der Waals surface area contributed by atoms with Gasteiger partial charge in [0.05, 0.1) is 11.6 Å². The Kier molecular flexibility index (Phi) is 5.36. The first-order valence-corrected chi connectivity index (χ1v) is 6.86. The fraction of sp³-hybridized carbons (Fsp3) is 0.625. The van der Waals surface area contributed by atoms with E-state index in [2.05, 4.69) is 58.1 Å². The van der Waals surface area contributed by atoms with Crippen LogP contribution in [0.25, 0.3) is 0 Å². The van der Waals surface area contributed by atoms with Crippen molar-refractivity contribution in [2.45, 2.75) is 52.7 Å². The molecular weight excluding hydrogens is 222 g/mol. The minimum Gasteiger partial charge on any atom is -0.374 e. The molecule has 2 heteroatoms. The highest BCUT2D eigenvalue weighted by molar-refractivity contribution is 5.33. The van der Waals surface area contributed by atoms with Gasteiger partial charge in [0.25, 0.3) is 0 Å². The van der Waals surface area contributed by atoms with Gasteiger partial charge in [0.2, 0.25) is 0 Å². The third-order valence-electron chi connectivity index (χ3n) is 3.94. The molecule has 0 aliphatic heterocycles. The van der Waals surface area contributed by atoms with E-state index in [0.717, 1.165) is 13.0 Å². The average Bonchev–Trinajstić information content (AvgIpc) is 2.35. The molecule has 2 nitrogen and oxygen atoms in total. The second-order valence-electron chi connectivity index (χ2n) is 5.16. The Morgan fingerprint density at radius 2 is 1.89 bits per heavy atom. The van der Waals surface area contributed by atoms with Crippen molar-refractivity contribution < 1.29 is 4.74 Å². The molecule has 2 unspecified atom stereocenters. The van der Waals surface area contributed by atoms with Crippen LogP contribution in [0.3, 0.4) is 0 Å². The maximum atomic E-state index is 5.99. The van der Waals surface area contributed by atoms with E-state index in [4.69, 9.17) is 4.74 Å². The smallest absolute Gasteiger partial charge is 0.0845 e. The lowest BCUT2D eigenvalue weighted by atomic mass is 9.86. The van der Waals surface area contributed by atoms with Crippen LogP contribution in [0.4, 0.5) is 0 Å². The lowest BCUT2D eigenvalue weighted by Gasteiger charge is -2.37. The predicted molar refractivity (Wildman–Crippen MR) is 78.0 cm³/mol. The molecule has 2 atom stereocenters. The lowest BCUT2D eigenvalue weighted by Crippen LogP contribution is -2.42. The van der Waals surface area contributed by atoms with E-state index in [1.165, 1.54) is 16.7 Å². The van der Waals surface area contributed by atoms with Crippen LogP contribution >= 0.6 is 0 Å². The zero-order valence-corrected chi connectivity index (χ0v) is 12.6. The minimum atomic E-state index is -0.162. The van der Waals surface area contributed by atoms with Gasteiger partial charge in [-0.3, -0.25) is 0 Å². The highest BCUT2D eigenvalue weighted by atomic mass is 16.5. The quantitative estimate of drug-likeness (QED) is 0.828. The van der Waals surface area contributed by atoms with Crippen molar-refractivity contribution in [3.8, 4) is 0 Å². The van der Waals surface area contributed by atoms with Crippen molar-refractivity contribution in [1.29, 1.82) is 0 Å². The minimum absolute atomic E-state index is 0.162. The first-order chi connectivity index (χ1) is 8.48. The van der Waals surface area contributed by atoms with Crippen molar-refractivity contribution >= 4 is 0 Å². The first-order valence-electron chi connectivity index (χ1n) is 6.86. The second-order valence-corrected chi connectivity index (χ2v) is 5.16. The predicted octanol–water partition coefficient (Wildman–Crippen LogP) is 3.77. The van der Waals surface area contributed by atoms with Gasteiger partial charge >= 0.3 is 0 Å². The number of hydrogen-bond acceptors (Lipinski definition) is 2. The van der Waals surface area contributed by atoms with Gasteiger partial charge in [0, 0.05) is 6.61 Å². The monoisotopic (exact) mass is 249 g/mol. The van der Waals surface area contributed by atoms with E-state index in [9.17, 15) is 0 Å². The maximum absolute atomic E-state index is 5.99. The number of benzene rings is 1. The Morgan fingerprint density at radius 3 is 2.33 bits per heavy atom. The maximum Gasteiger partial charge on any atom is 0.0845 e. The highest BCUT2D eigenvalue weighted by Crippen LogP contribution is 2.32. The van der Waals surface area contributed by atoms with E-state index in [0.29, 0.717) is 0 Å². The van der Waals surface area contributed by atoms with Gasteiger partial charge in [-0.25, -0.2) is 0 Å². The van der Waals surface area contributed by atoms with Gasteiger partial charge in [-0.15, -0.1) is 0 Å². The van der Waals surface area contributed by atoms with Crippen LogP contribution in [0.2, 0.25) is 0 Å². The summed E-state index contributed by atoms with van der Waals surface area (Å²) in [5, 5.41) is 3.42. The second kappa shape index (κ2) is 6.35. The van der Waals surface area contributed by atoms with Crippen LogP contribution in [-0.2, 0) is 4.74 Å². The molecule has 0 aromatic heterocycles. The fourth-order valence-electron chi connectivity index (χ4n) is 2.49. The molecule has 1 aromatic rings. The lowest BCUT2D eigenvalue weighted by molar-refractivity contribution is -0.0547. The van der Waals surface area contributed by atoms with E-state index in [1.807, 2.05) is 7.05 Å². The molecule has 1 aromatic carbocycles. The van der Waals surface area contributed by atoms with Crippen molar-refractivity contribution in [2.75, 3.05) is 13.7 Å². The molecule has 0 fully saturated rings. The average molecular weight is 249 g/mol. The third-order valence-corrected chi connectivity index (χ3v) is 3.94. The van der Waals surface area contributed by atoms with Gasteiger partial charge < -0.3 is 10.1 Å². The van der Waals surface area contributed by atoms with Crippen LogP contribution in [-0.4, -0.2) is 19.3 Å². The van der Waals surface area contributed by atoms with Crippen molar-refractivity contribution in [2.24, 2.45) is 0 Å². The SMILES string of the molecule is CCOC(C)(CC)C(NC)c1ccc(C)c(C)c1. The topological polar surface area (TPSA) is 21.3 Å². The molecule has 0 bridgehead atoms. The molecule has 18 heavy (non-hydrogen) atoms. The molecule has 0 saturated heterocycles. The summed E-state index contributed by atoms with van der Waals surface area (Å²) < 4.78 is 5.99. The van der Waals surface area contributed by atoms with Crippen LogP contribution in [0.15, 0.2) is 18.2 Å². The molecule has 0 amide bonds. The van der Waals surface area contributed by atoms with Gasteiger partial charge in [-0.05, 0) is 57.9 Å². The van der Waals surface area contributed by atoms with Crippen LogP contribution < -0.4 is 5.32 Å². The van der Waals surface area contributed by atoms with E-state index < -0.39 is 0 Å². The van der Waals surface area contributed by atoms with Crippen molar-refractivity contribution in [3.63, 3.8) is 0 Å². The molecule has 0 spiro atoms. The molecule has 0 saturated carbocycles. The van der Waals surface area contributed by atoms with Gasteiger partial charge in [-0.2, -0.15) is 0 Å². The standard InChI is InChI=1S/C16H27NO/c1-7-16(5,18-8-2)15(17-6)14-10-9-12(3)13(4)11-14/h9-11,15,17H,7-8H2,1-6H3. The molecule has 102 valence electrons. The first kappa shape index (κ1) is 15.2. The zero-order valence-electron chi connectivity index (χ0n) is 12.6. The number of aryl methyl sites for hydroxylation is 2. The van der Waals surface area contributed by atoms with Crippen molar-refractivity contribution in [3.05, 3.63) is 34.9 Å². The van der Waals surface area contributed by atoms with Crippen molar-refractivity contribution in [1.82, 2.24) is 5.32 Å². The molecule has 0 radical (unpaired) electrons. The molecule has 0 heterocycles. The Hall–Kier alpha value is -0.860. The summed E-state index contributed by atoms with van der Waals surface area (Å²) in [6, 6.07) is 6.89. The Balaban J connectivity index is 3.11. The third kappa shape index (κ3) is 3.12. The summed E-state index contributed by atoms with van der Waals surface area (Å²) in [6.45, 7) is 11.5. The summed E-state index contributed by atoms with van der Waals surface area (Å²) in [5.41, 5.74) is 3.81. The molecule has 1 rings (SSSR count). The van der Waals surface area contributed by atoms with Crippen LogP contribution in [0, 0.1) is 13.8 Å². The van der Waals surface area contributed by atoms with Gasteiger partial charge in [0.1, 0.15) is 0 Å². The normalized spacial score (nSPS) is 16.3. The number of rotatable bonds is 6. The largest absolute Gasteiger partial charge is 0.374 e. The Labute approximate surface area is 112 Å². The van der Waals surface area contributed by atoms with Gasteiger partial charge in [0.15, 0.2) is 0 Å². The van der Waals surface area contributed by atoms with E-state index in [1.54, 1.807) is 0 Å². The fourth-order valence-corrected chi connectivity index (χ4v) is 2.49. The van der Waals surface area contributed by atoms with E-state index >= 15 is 0 Å². The zero-order chi connectivity index (χ0) is 13.8. The summed E-state index contributed by atoms with van der Waals surface area (Å²) in [6.07, 6.45) is 0.985. The Bertz CT molecular complexity index is 389. The summed E-state index contributed by atoms with van der Waals surface area (Å²) in [7, 11) is 2.01. The van der Waals surface area contributed by atoms with Crippen LogP contribution in [0.5, 0.6) is 0 Å². The molecular formula is C16H27NO. The number of ether oxygens (including phenoxy) is 1. The van der Waals surface area contributed by atoms with Gasteiger partial charge in [-0.1, -0.05) is 25.1 Å². The summed E-state index contributed by atoms with van der Waals surface area (Å²) in [4.78, 5) is 0. The summed E-state index contributed by atoms with van der Waals surface area (Å²) in [5.74, 6) is 0. The molecule has 0 aliphatic carbocycles. The highest BCUT2D eigenvalue weighted by Gasteiger charge is 2.33. The number of nitrogens with one attached hydrogen (secondary N) is 1.